The van der Waals surface area contributed by atoms with Crippen molar-refractivity contribution >= 4 is 12.1 Å². The minimum absolute atomic E-state index is 0.439. The molecule has 2 rings (SSSR count). The minimum atomic E-state index is -0.439. The molecule has 4 nitrogen and oxygen atoms in total. The summed E-state index contributed by atoms with van der Waals surface area (Å²) in [6.07, 6.45) is 1.98. The van der Waals surface area contributed by atoms with E-state index in [1.165, 1.54) is 6.21 Å². The van der Waals surface area contributed by atoms with Crippen LogP contribution in [-0.4, -0.2) is 17.3 Å². The number of amides is 1. The lowest BCUT2D eigenvalue weighted by molar-refractivity contribution is 0.100. The molecule has 0 aliphatic heterocycles. The van der Waals surface area contributed by atoms with Crippen molar-refractivity contribution in [1.82, 2.24) is 0 Å². The third-order valence-electron chi connectivity index (χ3n) is 2.82. The smallest absolute Gasteiger partial charge is 0.248 e. The molecule has 0 saturated carbocycles. The number of hydrogen-bond donors (Lipinski definition) is 2. The van der Waals surface area contributed by atoms with Crippen molar-refractivity contribution < 1.29 is 10.0 Å². The van der Waals surface area contributed by atoms with E-state index in [0.29, 0.717) is 12.0 Å². The maximum absolute atomic E-state index is 11.2. The third kappa shape index (κ3) is 3.19. The highest BCUT2D eigenvalue weighted by atomic mass is 16.4. The van der Waals surface area contributed by atoms with Gasteiger partial charge in [0, 0.05) is 18.2 Å². The molecule has 0 aromatic heterocycles. The lowest BCUT2D eigenvalue weighted by Crippen LogP contribution is -2.10. The van der Waals surface area contributed by atoms with Gasteiger partial charge < -0.3 is 10.9 Å². The Morgan fingerprint density at radius 2 is 1.84 bits per heavy atom. The highest BCUT2D eigenvalue weighted by molar-refractivity contribution is 5.94. The summed E-state index contributed by atoms with van der Waals surface area (Å²) in [6, 6.07) is 15.0. The lowest BCUT2D eigenvalue weighted by Gasteiger charge is -2.05. The zero-order chi connectivity index (χ0) is 13.7. The number of primary amides is 1. The molecule has 0 aliphatic carbocycles. The second kappa shape index (κ2) is 5.82. The Balaban J connectivity index is 2.35. The maximum atomic E-state index is 11.2. The summed E-state index contributed by atoms with van der Waals surface area (Å²) in [5, 5.41) is 11.4. The molecule has 4 heteroatoms. The van der Waals surface area contributed by atoms with E-state index < -0.39 is 5.91 Å². The van der Waals surface area contributed by atoms with Crippen LogP contribution in [0.5, 0.6) is 0 Å². The average molecular weight is 254 g/mol. The standard InChI is InChI=1S/C15H14N2O2/c16-15(18)14-6-2-5-13(10-14)12-4-1-3-11(9-12)7-8-17-19/h1-6,8-10,19H,7H2,(H2,16,18). The Morgan fingerprint density at radius 1 is 1.16 bits per heavy atom. The van der Waals surface area contributed by atoms with Crippen LogP contribution in [-0.2, 0) is 6.42 Å². The summed E-state index contributed by atoms with van der Waals surface area (Å²) < 4.78 is 0. The Bertz CT molecular complexity index is 621. The predicted octanol–water partition coefficient (Wildman–Crippen LogP) is 2.46. The zero-order valence-electron chi connectivity index (χ0n) is 10.3. The van der Waals surface area contributed by atoms with Gasteiger partial charge in [0.25, 0.3) is 0 Å². The molecular weight excluding hydrogens is 240 g/mol. The van der Waals surface area contributed by atoms with Gasteiger partial charge in [-0.05, 0) is 28.8 Å². The molecule has 19 heavy (non-hydrogen) atoms. The van der Waals surface area contributed by atoms with Gasteiger partial charge in [0.2, 0.25) is 5.91 Å². The average Bonchev–Trinajstić information content (AvgIpc) is 2.45. The topological polar surface area (TPSA) is 75.7 Å². The van der Waals surface area contributed by atoms with Gasteiger partial charge >= 0.3 is 0 Å². The molecule has 0 fully saturated rings. The molecule has 0 aliphatic rings. The van der Waals surface area contributed by atoms with Crippen LogP contribution in [0.4, 0.5) is 0 Å². The van der Waals surface area contributed by atoms with Crippen molar-refractivity contribution in [3.05, 3.63) is 59.7 Å². The Labute approximate surface area is 111 Å². The second-order valence-corrected chi connectivity index (χ2v) is 4.15. The summed E-state index contributed by atoms with van der Waals surface area (Å²) in [5.74, 6) is -0.439. The summed E-state index contributed by atoms with van der Waals surface area (Å²) in [4.78, 5) is 11.2. The highest BCUT2D eigenvalue weighted by Crippen LogP contribution is 2.21. The molecule has 0 spiro atoms. The lowest BCUT2D eigenvalue weighted by atomic mass is 10.00. The molecule has 0 unspecified atom stereocenters. The number of carbonyl (C=O) groups is 1. The SMILES string of the molecule is NC(=O)c1cccc(-c2cccc(CC=NO)c2)c1. The molecule has 2 aromatic carbocycles. The first-order chi connectivity index (χ1) is 9.20. The van der Waals surface area contributed by atoms with Gasteiger partial charge in [0.1, 0.15) is 0 Å². The fourth-order valence-corrected chi connectivity index (χ4v) is 1.88. The van der Waals surface area contributed by atoms with Crippen molar-refractivity contribution in [2.45, 2.75) is 6.42 Å². The molecular formula is C15H14N2O2. The maximum Gasteiger partial charge on any atom is 0.248 e. The van der Waals surface area contributed by atoms with Crippen molar-refractivity contribution in [1.29, 1.82) is 0 Å². The number of rotatable bonds is 4. The number of carbonyl (C=O) groups excluding carboxylic acids is 1. The molecule has 0 heterocycles. The van der Waals surface area contributed by atoms with Crippen LogP contribution in [0.2, 0.25) is 0 Å². The number of oxime groups is 1. The molecule has 0 atom stereocenters. The van der Waals surface area contributed by atoms with Gasteiger partial charge in [-0.25, -0.2) is 0 Å². The molecule has 2 aromatic rings. The quantitative estimate of drug-likeness (QED) is 0.499. The molecule has 1 amide bonds. The first-order valence-corrected chi connectivity index (χ1v) is 5.86. The molecule has 3 N–H and O–H groups in total. The summed E-state index contributed by atoms with van der Waals surface area (Å²) in [7, 11) is 0. The van der Waals surface area contributed by atoms with Gasteiger partial charge in [-0.3, -0.25) is 4.79 Å². The van der Waals surface area contributed by atoms with Crippen molar-refractivity contribution in [3.8, 4) is 11.1 Å². The number of nitrogens with zero attached hydrogens (tertiary/aromatic N) is 1. The fourth-order valence-electron chi connectivity index (χ4n) is 1.88. The summed E-state index contributed by atoms with van der Waals surface area (Å²) in [6.45, 7) is 0. The first-order valence-electron chi connectivity index (χ1n) is 5.86. The van der Waals surface area contributed by atoms with Crippen LogP contribution < -0.4 is 5.73 Å². The monoisotopic (exact) mass is 254 g/mol. The summed E-state index contributed by atoms with van der Waals surface area (Å²) >= 11 is 0. The zero-order valence-corrected chi connectivity index (χ0v) is 10.3. The Morgan fingerprint density at radius 3 is 2.53 bits per heavy atom. The van der Waals surface area contributed by atoms with E-state index in [-0.39, 0.29) is 0 Å². The first kappa shape index (κ1) is 12.8. The van der Waals surface area contributed by atoms with E-state index in [1.807, 2.05) is 30.3 Å². The normalized spacial score (nSPS) is 10.7. The van der Waals surface area contributed by atoms with Crippen LogP contribution in [0, 0.1) is 0 Å². The van der Waals surface area contributed by atoms with Crippen LogP contribution >= 0.6 is 0 Å². The van der Waals surface area contributed by atoms with Crippen LogP contribution in [0.1, 0.15) is 15.9 Å². The van der Waals surface area contributed by atoms with Gasteiger partial charge in [-0.1, -0.05) is 36.4 Å². The van der Waals surface area contributed by atoms with E-state index in [9.17, 15) is 4.79 Å². The summed E-state index contributed by atoms with van der Waals surface area (Å²) in [5.41, 5.74) is 8.71. The van der Waals surface area contributed by atoms with Crippen LogP contribution in [0.25, 0.3) is 11.1 Å². The van der Waals surface area contributed by atoms with Gasteiger partial charge in [0.05, 0.1) is 0 Å². The van der Waals surface area contributed by atoms with Crippen LogP contribution in [0.3, 0.4) is 0 Å². The second-order valence-electron chi connectivity index (χ2n) is 4.15. The Kier molecular flexibility index (Phi) is 3.93. The van der Waals surface area contributed by atoms with Crippen molar-refractivity contribution in [3.63, 3.8) is 0 Å². The number of nitrogens with two attached hydrogens (primary N) is 1. The van der Waals surface area contributed by atoms with Crippen molar-refractivity contribution in [2.75, 3.05) is 0 Å². The van der Waals surface area contributed by atoms with E-state index in [4.69, 9.17) is 10.9 Å². The Hall–Kier alpha value is -2.62. The van der Waals surface area contributed by atoms with E-state index in [2.05, 4.69) is 5.16 Å². The van der Waals surface area contributed by atoms with Crippen LogP contribution in [0.15, 0.2) is 53.7 Å². The van der Waals surface area contributed by atoms with E-state index in [1.54, 1.807) is 18.2 Å². The van der Waals surface area contributed by atoms with Crippen molar-refractivity contribution in [2.24, 2.45) is 10.9 Å². The van der Waals surface area contributed by atoms with Gasteiger partial charge in [-0.2, -0.15) is 0 Å². The van der Waals surface area contributed by atoms with Gasteiger partial charge in [-0.15, -0.1) is 5.16 Å². The van der Waals surface area contributed by atoms with Gasteiger partial charge in [0.15, 0.2) is 0 Å². The third-order valence-corrected chi connectivity index (χ3v) is 2.82. The van der Waals surface area contributed by atoms with E-state index >= 15 is 0 Å². The predicted molar refractivity (Wildman–Crippen MR) is 74.4 cm³/mol. The molecule has 96 valence electrons. The molecule has 0 radical (unpaired) electrons. The van der Waals surface area contributed by atoms with E-state index in [0.717, 1.165) is 16.7 Å². The fraction of sp³-hybridized carbons (Fsp3) is 0.0667. The number of hydrogen-bond acceptors (Lipinski definition) is 3. The largest absolute Gasteiger partial charge is 0.411 e. The minimum Gasteiger partial charge on any atom is -0.411 e. The molecule has 0 saturated heterocycles. The highest BCUT2D eigenvalue weighted by Gasteiger charge is 2.03. The number of benzene rings is 2. The molecule has 0 bridgehead atoms.